The number of benzene rings is 1. The molecular formula is C19H28NO3Y+. The Morgan fingerprint density at radius 1 is 1.25 bits per heavy atom. The zero-order valence-corrected chi connectivity index (χ0v) is 17.9. The van der Waals surface area contributed by atoms with Crippen LogP contribution in [0.15, 0.2) is 18.2 Å². The Balaban J connectivity index is 0.00000288. The zero-order chi connectivity index (χ0) is 17.0. The van der Waals surface area contributed by atoms with Crippen molar-refractivity contribution < 1.29 is 51.9 Å². The van der Waals surface area contributed by atoms with Crippen molar-refractivity contribution in [2.45, 2.75) is 40.0 Å². The number of aryl methyl sites for hydroxylation is 2. The largest absolute Gasteiger partial charge is 0.481 e. The number of hydrogen-bond donors (Lipinski definition) is 1. The van der Waals surface area contributed by atoms with E-state index in [4.69, 9.17) is 0 Å². The van der Waals surface area contributed by atoms with Crippen LogP contribution in [0.5, 0.6) is 0 Å². The second-order valence-corrected chi connectivity index (χ2v) is 6.99. The van der Waals surface area contributed by atoms with Crippen LogP contribution in [0, 0.1) is 19.8 Å². The number of ketones is 1. The van der Waals surface area contributed by atoms with Gasteiger partial charge in [0.15, 0.2) is 5.78 Å². The third-order valence-electron chi connectivity index (χ3n) is 5.34. The van der Waals surface area contributed by atoms with Crippen molar-refractivity contribution in [3.8, 4) is 0 Å². The topological polar surface area (TPSA) is 54.4 Å². The molecule has 5 heteroatoms. The SMILES string of the molecule is CC[N+]1(CC(=O)Cc2c(C)cccc2C)CCCC(C(=O)O)C1.[Y]. The summed E-state index contributed by atoms with van der Waals surface area (Å²) in [6.07, 6.45) is 2.08. The predicted molar refractivity (Wildman–Crippen MR) is 90.4 cm³/mol. The van der Waals surface area contributed by atoms with Gasteiger partial charge in [-0.05, 0) is 50.3 Å². The maximum absolute atomic E-state index is 12.7. The van der Waals surface area contributed by atoms with E-state index in [9.17, 15) is 14.7 Å². The fourth-order valence-electron chi connectivity index (χ4n) is 3.82. The first-order valence-corrected chi connectivity index (χ1v) is 8.51. The summed E-state index contributed by atoms with van der Waals surface area (Å²) in [6.45, 7) is 8.93. The smallest absolute Gasteiger partial charge is 0.312 e. The summed E-state index contributed by atoms with van der Waals surface area (Å²) in [4.78, 5) is 24.0. The molecule has 1 aliphatic heterocycles. The summed E-state index contributed by atoms with van der Waals surface area (Å²) in [5, 5.41) is 9.31. The van der Waals surface area contributed by atoms with Crippen molar-refractivity contribution in [1.29, 1.82) is 0 Å². The van der Waals surface area contributed by atoms with Gasteiger partial charge in [0, 0.05) is 39.1 Å². The second-order valence-electron chi connectivity index (χ2n) is 6.99. The summed E-state index contributed by atoms with van der Waals surface area (Å²) in [7, 11) is 0. The first-order chi connectivity index (χ1) is 10.9. The van der Waals surface area contributed by atoms with Gasteiger partial charge in [0.1, 0.15) is 12.5 Å². The Morgan fingerprint density at radius 2 is 1.88 bits per heavy atom. The maximum Gasteiger partial charge on any atom is 0.312 e. The van der Waals surface area contributed by atoms with E-state index in [0.29, 0.717) is 24.0 Å². The number of carbonyl (C=O) groups is 2. The predicted octanol–water partition coefficient (Wildman–Crippen LogP) is 2.74. The molecule has 0 bridgehead atoms. The summed E-state index contributed by atoms with van der Waals surface area (Å²) >= 11 is 0. The first-order valence-electron chi connectivity index (χ1n) is 8.51. The van der Waals surface area contributed by atoms with E-state index in [2.05, 4.69) is 6.92 Å². The summed E-state index contributed by atoms with van der Waals surface area (Å²) in [5.74, 6) is -0.810. The minimum absolute atomic E-state index is 0. The fraction of sp³-hybridized carbons (Fsp3) is 0.579. The van der Waals surface area contributed by atoms with E-state index >= 15 is 0 Å². The van der Waals surface area contributed by atoms with Crippen LogP contribution in [0.25, 0.3) is 0 Å². The van der Waals surface area contributed by atoms with Crippen molar-refractivity contribution >= 4 is 11.8 Å². The molecule has 0 saturated carbocycles. The van der Waals surface area contributed by atoms with Gasteiger partial charge in [-0.2, -0.15) is 0 Å². The third kappa shape index (κ3) is 5.21. The van der Waals surface area contributed by atoms with Crippen LogP contribution in [-0.4, -0.2) is 47.5 Å². The quantitative estimate of drug-likeness (QED) is 0.738. The number of Topliss-reactive ketones (excluding diaryl/α,β-unsaturated/α-hetero) is 1. The molecule has 4 nitrogen and oxygen atoms in total. The number of nitrogens with zero attached hydrogens (tertiary/aromatic N) is 1. The Morgan fingerprint density at radius 3 is 2.42 bits per heavy atom. The number of carboxylic acids is 1. The zero-order valence-electron chi connectivity index (χ0n) is 15.0. The van der Waals surface area contributed by atoms with E-state index in [1.165, 1.54) is 0 Å². The van der Waals surface area contributed by atoms with Crippen molar-refractivity contribution in [3.05, 3.63) is 34.9 Å². The first kappa shape index (κ1) is 21.5. The van der Waals surface area contributed by atoms with Crippen LogP contribution in [0.2, 0.25) is 0 Å². The molecule has 0 aromatic heterocycles. The van der Waals surface area contributed by atoms with Crippen LogP contribution in [-0.2, 0) is 48.7 Å². The van der Waals surface area contributed by atoms with E-state index in [1.54, 1.807) is 0 Å². The second kappa shape index (κ2) is 9.21. The van der Waals surface area contributed by atoms with Gasteiger partial charge in [0.2, 0.25) is 0 Å². The molecule has 0 aliphatic carbocycles. The van der Waals surface area contributed by atoms with E-state index in [-0.39, 0.29) is 44.4 Å². The third-order valence-corrected chi connectivity index (χ3v) is 5.34. The molecule has 1 aromatic rings. The molecule has 24 heavy (non-hydrogen) atoms. The number of aliphatic carboxylic acids is 1. The molecule has 0 amide bonds. The minimum atomic E-state index is -0.720. The molecule has 2 rings (SSSR count). The van der Waals surface area contributed by atoms with Gasteiger partial charge < -0.3 is 9.59 Å². The summed E-state index contributed by atoms with van der Waals surface area (Å²) in [6, 6.07) is 6.10. The van der Waals surface area contributed by atoms with Crippen LogP contribution in [0.1, 0.15) is 36.5 Å². The average molecular weight is 407 g/mol. The Kier molecular flexibility index (Phi) is 8.24. The van der Waals surface area contributed by atoms with Crippen molar-refractivity contribution in [3.63, 3.8) is 0 Å². The summed E-state index contributed by atoms with van der Waals surface area (Å²) in [5.41, 5.74) is 3.44. The molecule has 1 radical (unpaired) electrons. The van der Waals surface area contributed by atoms with Gasteiger partial charge in [-0.1, -0.05) is 18.2 Å². The molecule has 0 spiro atoms. The van der Waals surface area contributed by atoms with Gasteiger partial charge in [-0.3, -0.25) is 9.59 Å². The van der Waals surface area contributed by atoms with E-state index < -0.39 is 5.97 Å². The number of quaternary nitrogens is 1. The van der Waals surface area contributed by atoms with Crippen LogP contribution >= 0.6 is 0 Å². The molecule has 1 aliphatic rings. The van der Waals surface area contributed by atoms with Gasteiger partial charge in [0.25, 0.3) is 0 Å². The minimum Gasteiger partial charge on any atom is -0.481 e. The number of carbonyl (C=O) groups excluding carboxylic acids is 1. The van der Waals surface area contributed by atoms with Crippen LogP contribution in [0.3, 0.4) is 0 Å². The van der Waals surface area contributed by atoms with Crippen molar-refractivity contribution in [2.24, 2.45) is 5.92 Å². The Hall–Kier alpha value is -0.576. The Labute approximate surface area is 170 Å². The van der Waals surface area contributed by atoms with Crippen LogP contribution < -0.4 is 0 Å². The van der Waals surface area contributed by atoms with Gasteiger partial charge in [-0.25, -0.2) is 0 Å². The number of carboxylic acid groups (broad SMARTS) is 1. The molecule has 2 unspecified atom stereocenters. The number of likely N-dealkylation sites (N-methyl/N-ethyl adjacent to an activating group) is 1. The molecule has 1 saturated heterocycles. The van der Waals surface area contributed by atoms with Crippen LogP contribution in [0.4, 0.5) is 0 Å². The monoisotopic (exact) mass is 407 g/mol. The number of rotatable bonds is 6. The van der Waals surface area contributed by atoms with Crippen molar-refractivity contribution in [1.82, 2.24) is 0 Å². The number of likely N-dealkylation sites (tertiary alicyclic amines) is 1. The number of hydrogen-bond acceptors (Lipinski definition) is 2. The molecular weight excluding hydrogens is 379 g/mol. The van der Waals surface area contributed by atoms with Gasteiger partial charge in [-0.15, -0.1) is 0 Å². The fourth-order valence-corrected chi connectivity index (χ4v) is 3.82. The van der Waals surface area contributed by atoms with E-state index in [1.807, 2.05) is 32.0 Å². The van der Waals surface area contributed by atoms with Gasteiger partial charge in [0.05, 0.1) is 19.6 Å². The molecule has 1 aromatic carbocycles. The molecule has 1 N–H and O–H groups in total. The molecule has 1 fully saturated rings. The normalized spacial score (nSPS) is 23.4. The molecule has 2 atom stereocenters. The van der Waals surface area contributed by atoms with Gasteiger partial charge >= 0.3 is 5.97 Å². The molecule has 1 heterocycles. The summed E-state index contributed by atoms with van der Waals surface area (Å²) < 4.78 is 0.626. The molecule has 129 valence electrons. The Bertz CT molecular complexity index is 582. The van der Waals surface area contributed by atoms with Crippen molar-refractivity contribution in [2.75, 3.05) is 26.2 Å². The number of piperidine rings is 1. The average Bonchev–Trinajstić information content (AvgIpc) is 2.51. The standard InChI is InChI=1S/C19H27NO3.Y/c1-4-20(10-6-9-16(12-20)19(22)23)13-17(21)11-18-14(2)7-5-8-15(18)3;/h5,7-8,16H,4,6,9-13H2,1-3H3;/p+1. The maximum atomic E-state index is 12.7. The van der Waals surface area contributed by atoms with E-state index in [0.717, 1.165) is 42.6 Å².